The van der Waals surface area contributed by atoms with Gasteiger partial charge in [-0.25, -0.2) is 0 Å². The van der Waals surface area contributed by atoms with Crippen molar-refractivity contribution in [3.8, 4) is 5.75 Å². The van der Waals surface area contributed by atoms with E-state index < -0.39 is 0 Å². The summed E-state index contributed by atoms with van der Waals surface area (Å²) in [5.41, 5.74) is 1.29. The summed E-state index contributed by atoms with van der Waals surface area (Å²) in [6.45, 7) is 5.08. The molecule has 6 heteroatoms. The van der Waals surface area contributed by atoms with Crippen molar-refractivity contribution in [3.63, 3.8) is 0 Å². The molecule has 0 saturated heterocycles. The van der Waals surface area contributed by atoms with Gasteiger partial charge in [-0.15, -0.1) is 24.0 Å². The number of nitrogens with zero attached hydrogens (tertiary/aromatic N) is 1. The smallest absolute Gasteiger partial charge is 0.191 e. The monoisotopic (exact) mass is 421 g/mol. The second-order valence-corrected chi connectivity index (χ2v) is 4.58. The van der Waals surface area contributed by atoms with Crippen molar-refractivity contribution >= 4 is 29.9 Å². The number of hydrogen-bond donors (Lipinski definition) is 2. The molecule has 0 aromatic heterocycles. The predicted octanol–water partition coefficient (Wildman–Crippen LogP) is 2.45. The fourth-order valence-electron chi connectivity index (χ4n) is 1.93. The van der Waals surface area contributed by atoms with Gasteiger partial charge in [-0.3, -0.25) is 4.99 Å². The first-order valence-corrected chi connectivity index (χ1v) is 7.45. The van der Waals surface area contributed by atoms with Crippen LogP contribution < -0.4 is 15.4 Å². The van der Waals surface area contributed by atoms with Crippen LogP contribution in [0.25, 0.3) is 0 Å². The quantitative estimate of drug-likeness (QED) is 0.279. The Balaban J connectivity index is 0.00000441. The van der Waals surface area contributed by atoms with E-state index in [9.17, 15) is 0 Å². The first-order chi connectivity index (χ1) is 10.3. The van der Waals surface area contributed by atoms with E-state index in [0.29, 0.717) is 6.61 Å². The van der Waals surface area contributed by atoms with E-state index in [0.717, 1.165) is 44.2 Å². The standard InChI is InChI=1S/C16H27N3O2.HI/c1-4-21-12-11-19-16(17-2)18-10-6-8-14-7-5-9-15(13-14)20-3;/h5,7,9,13H,4,6,8,10-12H2,1-3H3,(H2,17,18,19);1H. The van der Waals surface area contributed by atoms with Crippen LogP contribution in [0.15, 0.2) is 29.3 Å². The molecule has 0 bridgehead atoms. The van der Waals surface area contributed by atoms with Gasteiger partial charge >= 0.3 is 0 Å². The average Bonchev–Trinajstić information content (AvgIpc) is 2.53. The largest absolute Gasteiger partial charge is 0.497 e. The Morgan fingerprint density at radius 3 is 2.68 bits per heavy atom. The van der Waals surface area contributed by atoms with Gasteiger partial charge in [0.25, 0.3) is 0 Å². The van der Waals surface area contributed by atoms with Gasteiger partial charge in [0.2, 0.25) is 0 Å². The summed E-state index contributed by atoms with van der Waals surface area (Å²) in [5.74, 6) is 1.73. The van der Waals surface area contributed by atoms with E-state index in [2.05, 4.69) is 27.8 Å². The summed E-state index contributed by atoms with van der Waals surface area (Å²) < 4.78 is 10.5. The van der Waals surface area contributed by atoms with Gasteiger partial charge < -0.3 is 20.1 Å². The second kappa shape index (κ2) is 13.6. The molecule has 0 fully saturated rings. The highest BCUT2D eigenvalue weighted by molar-refractivity contribution is 14.0. The maximum absolute atomic E-state index is 5.28. The molecule has 0 aliphatic heterocycles. The number of rotatable bonds is 9. The van der Waals surface area contributed by atoms with E-state index in [-0.39, 0.29) is 24.0 Å². The van der Waals surface area contributed by atoms with Crippen molar-refractivity contribution in [2.45, 2.75) is 19.8 Å². The zero-order valence-electron chi connectivity index (χ0n) is 13.7. The molecular formula is C16H28IN3O2. The third kappa shape index (κ3) is 9.09. The Bertz CT molecular complexity index is 428. The van der Waals surface area contributed by atoms with Crippen molar-refractivity contribution in [2.75, 3.05) is 40.5 Å². The normalized spacial score (nSPS) is 10.8. The molecule has 0 radical (unpaired) electrons. The van der Waals surface area contributed by atoms with Crippen LogP contribution in [-0.4, -0.2) is 46.4 Å². The lowest BCUT2D eigenvalue weighted by atomic mass is 10.1. The number of ether oxygens (including phenoxy) is 2. The molecule has 22 heavy (non-hydrogen) atoms. The van der Waals surface area contributed by atoms with Gasteiger partial charge in [-0.05, 0) is 37.5 Å². The van der Waals surface area contributed by atoms with E-state index >= 15 is 0 Å². The number of aryl methyl sites for hydroxylation is 1. The summed E-state index contributed by atoms with van der Waals surface area (Å²) >= 11 is 0. The molecule has 0 unspecified atom stereocenters. The molecule has 1 rings (SSSR count). The number of halogens is 1. The Morgan fingerprint density at radius 2 is 2.00 bits per heavy atom. The zero-order chi connectivity index (χ0) is 15.3. The molecule has 0 aliphatic carbocycles. The Morgan fingerprint density at radius 1 is 1.23 bits per heavy atom. The lowest BCUT2D eigenvalue weighted by molar-refractivity contribution is 0.152. The number of guanidine groups is 1. The molecule has 1 aromatic carbocycles. The molecule has 0 amide bonds. The molecule has 0 saturated carbocycles. The number of aliphatic imine (C=N–C) groups is 1. The fourth-order valence-corrected chi connectivity index (χ4v) is 1.93. The van der Waals surface area contributed by atoms with Gasteiger partial charge in [0.1, 0.15) is 5.75 Å². The summed E-state index contributed by atoms with van der Waals surface area (Å²) in [4.78, 5) is 4.18. The first-order valence-electron chi connectivity index (χ1n) is 7.45. The summed E-state index contributed by atoms with van der Waals surface area (Å²) in [5, 5.41) is 6.51. The maximum Gasteiger partial charge on any atom is 0.191 e. The van der Waals surface area contributed by atoms with Crippen LogP contribution in [0, 0.1) is 0 Å². The lowest BCUT2D eigenvalue weighted by Gasteiger charge is -2.12. The molecule has 5 nitrogen and oxygen atoms in total. The van der Waals surface area contributed by atoms with Crippen LogP contribution in [0.3, 0.4) is 0 Å². The topological polar surface area (TPSA) is 54.9 Å². The van der Waals surface area contributed by atoms with E-state index in [1.807, 2.05) is 19.1 Å². The van der Waals surface area contributed by atoms with Crippen molar-refractivity contribution < 1.29 is 9.47 Å². The molecular weight excluding hydrogens is 393 g/mol. The third-order valence-electron chi connectivity index (χ3n) is 3.04. The van der Waals surface area contributed by atoms with Crippen LogP contribution in [-0.2, 0) is 11.2 Å². The van der Waals surface area contributed by atoms with Crippen molar-refractivity contribution in [1.29, 1.82) is 0 Å². The van der Waals surface area contributed by atoms with E-state index in [1.165, 1.54) is 5.56 Å². The number of methoxy groups -OCH3 is 1. The molecule has 0 atom stereocenters. The van der Waals surface area contributed by atoms with E-state index in [1.54, 1.807) is 14.2 Å². The van der Waals surface area contributed by atoms with Gasteiger partial charge in [-0.2, -0.15) is 0 Å². The number of hydrogen-bond acceptors (Lipinski definition) is 3. The highest BCUT2D eigenvalue weighted by atomic mass is 127. The van der Waals surface area contributed by atoms with Crippen LogP contribution in [0.2, 0.25) is 0 Å². The molecule has 0 spiro atoms. The Hall–Kier alpha value is -1.02. The predicted molar refractivity (Wildman–Crippen MR) is 103 cm³/mol. The SMILES string of the molecule is CCOCCNC(=NC)NCCCc1cccc(OC)c1.I. The summed E-state index contributed by atoms with van der Waals surface area (Å²) in [6, 6.07) is 8.19. The number of benzene rings is 1. The van der Waals surface area contributed by atoms with Gasteiger partial charge in [0.15, 0.2) is 5.96 Å². The minimum Gasteiger partial charge on any atom is -0.497 e. The van der Waals surface area contributed by atoms with Gasteiger partial charge in [0, 0.05) is 26.7 Å². The Kier molecular flexibility index (Phi) is 13.0. The minimum atomic E-state index is 0. The van der Waals surface area contributed by atoms with Gasteiger partial charge in [0.05, 0.1) is 13.7 Å². The molecule has 0 aliphatic rings. The fraction of sp³-hybridized carbons (Fsp3) is 0.562. The highest BCUT2D eigenvalue weighted by Gasteiger charge is 1.98. The second-order valence-electron chi connectivity index (χ2n) is 4.58. The molecule has 2 N–H and O–H groups in total. The van der Waals surface area contributed by atoms with Crippen molar-refractivity contribution in [2.24, 2.45) is 4.99 Å². The third-order valence-corrected chi connectivity index (χ3v) is 3.04. The summed E-state index contributed by atoms with van der Waals surface area (Å²) in [6.07, 6.45) is 2.06. The Labute approximate surface area is 150 Å². The lowest BCUT2D eigenvalue weighted by Crippen LogP contribution is -2.39. The van der Waals surface area contributed by atoms with Crippen LogP contribution >= 0.6 is 24.0 Å². The molecule has 126 valence electrons. The maximum atomic E-state index is 5.28. The van der Waals surface area contributed by atoms with Gasteiger partial charge in [-0.1, -0.05) is 12.1 Å². The van der Waals surface area contributed by atoms with Crippen LogP contribution in [0.4, 0.5) is 0 Å². The van der Waals surface area contributed by atoms with Crippen molar-refractivity contribution in [3.05, 3.63) is 29.8 Å². The molecule has 1 aromatic rings. The highest BCUT2D eigenvalue weighted by Crippen LogP contribution is 2.13. The van der Waals surface area contributed by atoms with Crippen molar-refractivity contribution in [1.82, 2.24) is 10.6 Å². The summed E-state index contributed by atoms with van der Waals surface area (Å²) in [7, 11) is 3.47. The molecule has 0 heterocycles. The van der Waals surface area contributed by atoms with Crippen LogP contribution in [0.1, 0.15) is 18.9 Å². The zero-order valence-corrected chi connectivity index (χ0v) is 16.1. The number of nitrogens with one attached hydrogen (secondary N) is 2. The van der Waals surface area contributed by atoms with Crippen LogP contribution in [0.5, 0.6) is 5.75 Å². The van der Waals surface area contributed by atoms with E-state index in [4.69, 9.17) is 9.47 Å². The minimum absolute atomic E-state index is 0. The average molecular weight is 421 g/mol. The first kappa shape index (κ1) is 21.0.